The van der Waals surface area contributed by atoms with Gasteiger partial charge in [-0.2, -0.15) is 5.10 Å². The van der Waals surface area contributed by atoms with Gasteiger partial charge in [0.1, 0.15) is 11.5 Å². The molecular weight excluding hydrogens is 336 g/mol. The van der Waals surface area contributed by atoms with Gasteiger partial charge in [-0.25, -0.2) is 10.2 Å². The van der Waals surface area contributed by atoms with Crippen molar-refractivity contribution < 1.29 is 24.2 Å². The molecule has 0 saturated carbocycles. The molecule has 0 radical (unpaired) electrons. The van der Waals surface area contributed by atoms with Gasteiger partial charge in [-0.1, -0.05) is 0 Å². The lowest BCUT2D eigenvalue weighted by molar-refractivity contribution is -0.139. The van der Waals surface area contributed by atoms with Crippen LogP contribution in [0.4, 0.5) is 0 Å². The van der Waals surface area contributed by atoms with Gasteiger partial charge in [0, 0.05) is 5.56 Å². The Balaban J connectivity index is 1.87. The number of benzene rings is 2. The third-order valence-electron chi connectivity index (χ3n) is 3.11. The van der Waals surface area contributed by atoms with Gasteiger partial charge in [0.25, 0.3) is 5.91 Å². The van der Waals surface area contributed by atoms with E-state index >= 15 is 0 Å². The Morgan fingerprint density at radius 3 is 2.27 bits per heavy atom. The molecule has 0 aromatic heterocycles. The molecule has 136 valence electrons. The Bertz CT molecular complexity index is 768. The first kappa shape index (κ1) is 19.0. The normalized spacial score (nSPS) is 10.7. The average molecular weight is 356 g/mol. The Kier molecular flexibility index (Phi) is 6.73. The fraction of sp³-hybridized carbons (Fsp3) is 0.211. The third kappa shape index (κ3) is 6.27. The minimum atomic E-state index is -1.04. The molecule has 0 saturated heterocycles. The molecule has 0 aliphatic heterocycles. The number of carboxylic acids is 1. The summed E-state index contributed by atoms with van der Waals surface area (Å²) in [6, 6.07) is 13.4. The quantitative estimate of drug-likeness (QED) is 0.560. The standard InChI is InChI=1S/C19H20N2O5/c1-13(2)26-17-9-5-15(6-10-17)19(24)21-20-11-14-3-7-16(8-4-14)25-12-18(22)23/h3-11,13H,12H2,1-2H3,(H,21,24)(H,22,23)/b20-11-. The van der Waals surface area contributed by atoms with Crippen molar-refractivity contribution in [3.63, 3.8) is 0 Å². The second-order valence-corrected chi connectivity index (χ2v) is 5.64. The Hall–Kier alpha value is -3.35. The number of carboxylic acid groups (broad SMARTS) is 1. The lowest BCUT2D eigenvalue weighted by Gasteiger charge is -2.09. The highest BCUT2D eigenvalue weighted by atomic mass is 16.5. The number of amides is 1. The van der Waals surface area contributed by atoms with E-state index in [4.69, 9.17) is 14.6 Å². The highest BCUT2D eigenvalue weighted by Gasteiger charge is 2.05. The lowest BCUT2D eigenvalue weighted by Crippen LogP contribution is -2.17. The van der Waals surface area contributed by atoms with Gasteiger partial charge in [0.15, 0.2) is 6.61 Å². The molecule has 26 heavy (non-hydrogen) atoms. The van der Waals surface area contributed by atoms with Crippen LogP contribution in [0.25, 0.3) is 0 Å². The lowest BCUT2D eigenvalue weighted by atomic mass is 10.2. The van der Waals surface area contributed by atoms with Crippen LogP contribution < -0.4 is 14.9 Å². The maximum absolute atomic E-state index is 12.0. The molecule has 1 amide bonds. The molecule has 0 aliphatic carbocycles. The summed E-state index contributed by atoms with van der Waals surface area (Å²) >= 11 is 0. The predicted octanol–water partition coefficient (Wildman–Crippen LogP) is 2.70. The van der Waals surface area contributed by atoms with E-state index in [9.17, 15) is 9.59 Å². The van der Waals surface area contributed by atoms with Crippen molar-refractivity contribution in [2.75, 3.05) is 6.61 Å². The van der Waals surface area contributed by atoms with E-state index in [0.29, 0.717) is 17.1 Å². The van der Waals surface area contributed by atoms with Crippen LogP contribution in [0, 0.1) is 0 Å². The molecular formula is C19H20N2O5. The zero-order chi connectivity index (χ0) is 18.9. The summed E-state index contributed by atoms with van der Waals surface area (Å²) < 4.78 is 10.6. The van der Waals surface area contributed by atoms with E-state index in [2.05, 4.69) is 10.5 Å². The monoisotopic (exact) mass is 356 g/mol. The minimum absolute atomic E-state index is 0.0696. The molecule has 2 rings (SSSR count). The summed E-state index contributed by atoms with van der Waals surface area (Å²) in [5, 5.41) is 12.5. The molecule has 0 unspecified atom stereocenters. The molecule has 0 spiro atoms. The van der Waals surface area contributed by atoms with Gasteiger partial charge >= 0.3 is 5.97 Å². The van der Waals surface area contributed by atoms with Gasteiger partial charge in [-0.15, -0.1) is 0 Å². The summed E-state index contributed by atoms with van der Waals surface area (Å²) in [4.78, 5) is 22.5. The van der Waals surface area contributed by atoms with Crippen LogP contribution in [-0.2, 0) is 4.79 Å². The predicted molar refractivity (Wildman–Crippen MR) is 96.8 cm³/mol. The second-order valence-electron chi connectivity index (χ2n) is 5.64. The maximum Gasteiger partial charge on any atom is 0.341 e. The molecule has 2 N–H and O–H groups in total. The SMILES string of the molecule is CC(C)Oc1ccc(C(=O)N/N=C\c2ccc(OCC(=O)O)cc2)cc1. The number of aliphatic carboxylic acids is 1. The Morgan fingerprint density at radius 1 is 1.08 bits per heavy atom. The first-order valence-corrected chi connectivity index (χ1v) is 7.99. The summed E-state index contributed by atoms with van der Waals surface area (Å²) in [6.45, 7) is 3.46. The van der Waals surface area contributed by atoms with Gasteiger partial charge < -0.3 is 14.6 Å². The van der Waals surface area contributed by atoms with Crippen LogP contribution in [0.5, 0.6) is 11.5 Å². The number of hydrogen-bond donors (Lipinski definition) is 2. The van der Waals surface area contributed by atoms with Crippen LogP contribution in [-0.4, -0.2) is 35.9 Å². The van der Waals surface area contributed by atoms with Crippen molar-refractivity contribution in [1.82, 2.24) is 5.43 Å². The molecule has 0 fully saturated rings. The molecule has 0 atom stereocenters. The van der Waals surface area contributed by atoms with E-state index in [1.165, 1.54) is 6.21 Å². The summed E-state index contributed by atoms with van der Waals surface area (Å²) in [7, 11) is 0. The third-order valence-corrected chi connectivity index (χ3v) is 3.11. The fourth-order valence-electron chi connectivity index (χ4n) is 1.98. The van der Waals surface area contributed by atoms with Crippen molar-refractivity contribution >= 4 is 18.1 Å². The summed E-state index contributed by atoms with van der Waals surface area (Å²) in [5.41, 5.74) is 3.64. The van der Waals surface area contributed by atoms with Crippen molar-refractivity contribution in [2.24, 2.45) is 5.10 Å². The number of nitrogens with one attached hydrogen (secondary N) is 1. The number of ether oxygens (including phenoxy) is 2. The largest absolute Gasteiger partial charge is 0.491 e. The van der Waals surface area contributed by atoms with Crippen LogP contribution in [0.3, 0.4) is 0 Å². The highest BCUT2D eigenvalue weighted by molar-refractivity contribution is 5.95. The zero-order valence-corrected chi connectivity index (χ0v) is 14.5. The molecule has 0 heterocycles. The van der Waals surface area contributed by atoms with E-state index in [0.717, 1.165) is 5.56 Å². The first-order valence-electron chi connectivity index (χ1n) is 7.99. The fourth-order valence-corrected chi connectivity index (χ4v) is 1.98. The molecule has 0 aliphatic rings. The van der Waals surface area contributed by atoms with Crippen LogP contribution in [0.15, 0.2) is 53.6 Å². The first-order chi connectivity index (χ1) is 12.4. The van der Waals surface area contributed by atoms with Crippen molar-refractivity contribution in [1.29, 1.82) is 0 Å². The number of carbonyl (C=O) groups is 2. The van der Waals surface area contributed by atoms with Crippen molar-refractivity contribution in [2.45, 2.75) is 20.0 Å². The molecule has 7 nitrogen and oxygen atoms in total. The maximum atomic E-state index is 12.0. The van der Waals surface area contributed by atoms with Crippen LogP contribution in [0.1, 0.15) is 29.8 Å². The Labute approximate surface area is 151 Å². The van der Waals surface area contributed by atoms with E-state index in [1.807, 2.05) is 13.8 Å². The Morgan fingerprint density at radius 2 is 1.69 bits per heavy atom. The molecule has 0 bridgehead atoms. The molecule has 2 aromatic rings. The van der Waals surface area contributed by atoms with Crippen molar-refractivity contribution in [3.8, 4) is 11.5 Å². The van der Waals surface area contributed by atoms with Crippen molar-refractivity contribution in [3.05, 3.63) is 59.7 Å². The van der Waals surface area contributed by atoms with Gasteiger partial charge in [0.05, 0.1) is 12.3 Å². The van der Waals surface area contributed by atoms with E-state index in [-0.39, 0.29) is 12.0 Å². The summed E-state index contributed by atoms with van der Waals surface area (Å²) in [6.07, 6.45) is 1.55. The number of carbonyl (C=O) groups excluding carboxylic acids is 1. The van der Waals surface area contributed by atoms with E-state index < -0.39 is 12.6 Å². The number of nitrogens with zero attached hydrogens (tertiary/aromatic N) is 1. The average Bonchev–Trinajstić information content (AvgIpc) is 2.61. The molecule has 7 heteroatoms. The highest BCUT2D eigenvalue weighted by Crippen LogP contribution is 2.14. The van der Waals surface area contributed by atoms with E-state index in [1.54, 1.807) is 48.5 Å². The smallest absolute Gasteiger partial charge is 0.341 e. The van der Waals surface area contributed by atoms with Gasteiger partial charge in [0.2, 0.25) is 0 Å². The number of hydrogen-bond acceptors (Lipinski definition) is 5. The number of rotatable bonds is 8. The minimum Gasteiger partial charge on any atom is -0.491 e. The number of hydrazone groups is 1. The zero-order valence-electron chi connectivity index (χ0n) is 14.5. The molecule has 2 aromatic carbocycles. The van der Waals surface area contributed by atoms with Crippen LogP contribution >= 0.6 is 0 Å². The van der Waals surface area contributed by atoms with Gasteiger partial charge in [-0.05, 0) is 67.9 Å². The van der Waals surface area contributed by atoms with Crippen LogP contribution in [0.2, 0.25) is 0 Å². The van der Waals surface area contributed by atoms with Gasteiger partial charge in [-0.3, -0.25) is 4.79 Å². The summed E-state index contributed by atoms with van der Waals surface area (Å²) in [5.74, 6) is -0.233. The topological polar surface area (TPSA) is 97.2 Å². The second kappa shape index (κ2) is 9.22.